The highest BCUT2D eigenvalue weighted by Gasteiger charge is 2.24. The molecular formula is C12H25N. The molecule has 1 saturated carbocycles. The zero-order valence-corrected chi connectivity index (χ0v) is 9.60. The van der Waals surface area contributed by atoms with Crippen molar-refractivity contribution in [3.63, 3.8) is 0 Å². The van der Waals surface area contributed by atoms with Gasteiger partial charge in [-0.15, -0.1) is 0 Å². The van der Waals surface area contributed by atoms with Crippen LogP contribution in [0.4, 0.5) is 0 Å². The third kappa shape index (κ3) is 4.12. The van der Waals surface area contributed by atoms with Crippen molar-refractivity contribution in [3.8, 4) is 0 Å². The molecule has 0 aromatic heterocycles. The van der Waals surface area contributed by atoms with Crippen molar-refractivity contribution < 1.29 is 0 Å². The van der Waals surface area contributed by atoms with Gasteiger partial charge in [-0.3, -0.25) is 0 Å². The monoisotopic (exact) mass is 183 g/mol. The summed E-state index contributed by atoms with van der Waals surface area (Å²) in [6.07, 6.45) is 10.2. The molecule has 1 heteroatoms. The summed E-state index contributed by atoms with van der Waals surface area (Å²) in [6, 6.07) is 0. The second-order valence-corrected chi connectivity index (χ2v) is 5.32. The lowest BCUT2D eigenvalue weighted by Crippen LogP contribution is -2.31. The molecule has 0 bridgehead atoms. The summed E-state index contributed by atoms with van der Waals surface area (Å²) in [5.74, 6) is 0. The van der Waals surface area contributed by atoms with E-state index in [0.717, 1.165) is 0 Å². The molecule has 0 aromatic rings. The second-order valence-electron chi connectivity index (χ2n) is 5.32. The van der Waals surface area contributed by atoms with E-state index in [0.29, 0.717) is 5.41 Å². The first-order chi connectivity index (χ1) is 6.12. The topological polar surface area (TPSA) is 3.24 Å². The highest BCUT2D eigenvalue weighted by atomic mass is 15.1. The average molecular weight is 183 g/mol. The van der Waals surface area contributed by atoms with Gasteiger partial charge in [-0.1, -0.05) is 39.0 Å². The van der Waals surface area contributed by atoms with Crippen molar-refractivity contribution in [2.24, 2.45) is 5.41 Å². The van der Waals surface area contributed by atoms with E-state index < -0.39 is 0 Å². The largest absolute Gasteiger partial charge is 0.309 e. The maximum Gasteiger partial charge on any atom is 0.00292 e. The Morgan fingerprint density at radius 1 is 0.923 bits per heavy atom. The molecule has 0 heterocycles. The molecule has 0 aromatic carbocycles. The first-order valence-corrected chi connectivity index (χ1v) is 5.77. The first-order valence-electron chi connectivity index (χ1n) is 5.77. The van der Waals surface area contributed by atoms with Crippen LogP contribution >= 0.6 is 0 Å². The highest BCUT2D eigenvalue weighted by Crippen LogP contribution is 2.33. The molecule has 1 nitrogen and oxygen atoms in total. The minimum atomic E-state index is 0.601. The summed E-state index contributed by atoms with van der Waals surface area (Å²) >= 11 is 0. The Labute approximate surface area is 83.5 Å². The van der Waals surface area contributed by atoms with Crippen LogP contribution in [0.3, 0.4) is 0 Å². The van der Waals surface area contributed by atoms with Crippen molar-refractivity contribution >= 4 is 0 Å². The predicted octanol–water partition coefficient (Wildman–Crippen LogP) is 3.30. The molecule has 78 valence electrons. The Bertz CT molecular complexity index is 132. The molecule has 1 rings (SSSR count). The average Bonchev–Trinajstić information content (AvgIpc) is 1.97. The van der Waals surface area contributed by atoms with Crippen molar-refractivity contribution in [3.05, 3.63) is 0 Å². The SMILES string of the molecule is CN(C)CC1(C)CCCCCCC1. The van der Waals surface area contributed by atoms with Gasteiger partial charge in [0.05, 0.1) is 0 Å². The van der Waals surface area contributed by atoms with E-state index in [1.807, 2.05) is 0 Å². The van der Waals surface area contributed by atoms with Gasteiger partial charge in [0, 0.05) is 6.54 Å². The summed E-state index contributed by atoms with van der Waals surface area (Å²) in [5, 5.41) is 0. The minimum Gasteiger partial charge on any atom is -0.309 e. The Morgan fingerprint density at radius 2 is 1.38 bits per heavy atom. The number of hydrogen-bond acceptors (Lipinski definition) is 1. The molecule has 0 aliphatic heterocycles. The van der Waals surface area contributed by atoms with Crippen LogP contribution < -0.4 is 0 Å². The summed E-state index contributed by atoms with van der Waals surface area (Å²) in [7, 11) is 4.40. The molecule has 1 aliphatic carbocycles. The van der Waals surface area contributed by atoms with E-state index in [2.05, 4.69) is 25.9 Å². The highest BCUT2D eigenvalue weighted by molar-refractivity contribution is 4.78. The first kappa shape index (κ1) is 11.0. The zero-order valence-electron chi connectivity index (χ0n) is 9.60. The molecule has 1 aliphatic rings. The van der Waals surface area contributed by atoms with Crippen LogP contribution in [-0.4, -0.2) is 25.5 Å². The Kier molecular flexibility index (Phi) is 4.24. The fourth-order valence-electron chi connectivity index (χ4n) is 2.68. The lowest BCUT2D eigenvalue weighted by molar-refractivity contribution is 0.170. The fourth-order valence-corrected chi connectivity index (χ4v) is 2.68. The summed E-state index contributed by atoms with van der Waals surface area (Å²) < 4.78 is 0. The molecule has 1 fully saturated rings. The van der Waals surface area contributed by atoms with Gasteiger partial charge >= 0.3 is 0 Å². The van der Waals surface area contributed by atoms with Crippen LogP contribution in [0.5, 0.6) is 0 Å². The third-order valence-electron chi connectivity index (χ3n) is 3.26. The van der Waals surface area contributed by atoms with Gasteiger partial charge in [0.1, 0.15) is 0 Å². The minimum absolute atomic E-state index is 0.601. The summed E-state index contributed by atoms with van der Waals surface area (Å²) in [5.41, 5.74) is 0.601. The van der Waals surface area contributed by atoms with Crippen molar-refractivity contribution in [1.82, 2.24) is 4.90 Å². The Morgan fingerprint density at radius 3 is 1.85 bits per heavy atom. The molecule has 0 atom stereocenters. The molecule has 0 amide bonds. The number of nitrogens with zero attached hydrogens (tertiary/aromatic N) is 1. The van der Waals surface area contributed by atoms with Gasteiger partial charge in [0.15, 0.2) is 0 Å². The lowest BCUT2D eigenvalue weighted by atomic mass is 9.77. The number of hydrogen-bond donors (Lipinski definition) is 0. The summed E-state index contributed by atoms with van der Waals surface area (Å²) in [6.45, 7) is 3.74. The van der Waals surface area contributed by atoms with Crippen molar-refractivity contribution in [1.29, 1.82) is 0 Å². The molecular weight excluding hydrogens is 158 g/mol. The van der Waals surface area contributed by atoms with Crippen molar-refractivity contribution in [2.45, 2.75) is 51.9 Å². The smallest absolute Gasteiger partial charge is 0.00292 e. The Hall–Kier alpha value is -0.0400. The lowest BCUT2D eigenvalue weighted by Gasteiger charge is -2.34. The standard InChI is InChI=1S/C12H25N/c1-12(11-13(2)3)9-7-5-4-6-8-10-12/h4-11H2,1-3H3. The second kappa shape index (κ2) is 4.99. The van der Waals surface area contributed by atoms with Crippen LogP contribution in [-0.2, 0) is 0 Å². The van der Waals surface area contributed by atoms with E-state index in [4.69, 9.17) is 0 Å². The Balaban J connectivity index is 2.41. The van der Waals surface area contributed by atoms with Gasteiger partial charge in [0.25, 0.3) is 0 Å². The van der Waals surface area contributed by atoms with E-state index in [-0.39, 0.29) is 0 Å². The molecule has 13 heavy (non-hydrogen) atoms. The fraction of sp³-hybridized carbons (Fsp3) is 1.00. The van der Waals surface area contributed by atoms with Crippen LogP contribution in [0, 0.1) is 5.41 Å². The predicted molar refractivity (Wildman–Crippen MR) is 59.0 cm³/mol. The molecule has 0 radical (unpaired) electrons. The van der Waals surface area contributed by atoms with E-state index in [9.17, 15) is 0 Å². The molecule has 0 unspecified atom stereocenters. The van der Waals surface area contributed by atoms with Crippen LogP contribution in [0.1, 0.15) is 51.9 Å². The summed E-state index contributed by atoms with van der Waals surface area (Å²) in [4.78, 5) is 2.35. The maximum atomic E-state index is 2.47. The van der Waals surface area contributed by atoms with Gasteiger partial charge < -0.3 is 4.90 Å². The van der Waals surface area contributed by atoms with E-state index >= 15 is 0 Å². The maximum absolute atomic E-state index is 2.47. The van der Waals surface area contributed by atoms with Crippen LogP contribution in [0.25, 0.3) is 0 Å². The normalized spacial score (nSPS) is 24.0. The molecule has 0 spiro atoms. The number of rotatable bonds is 2. The van der Waals surface area contributed by atoms with E-state index in [1.165, 1.54) is 51.5 Å². The molecule has 0 N–H and O–H groups in total. The third-order valence-corrected chi connectivity index (χ3v) is 3.26. The van der Waals surface area contributed by atoms with Gasteiger partial charge in [-0.05, 0) is 32.4 Å². The van der Waals surface area contributed by atoms with Crippen LogP contribution in [0.15, 0.2) is 0 Å². The zero-order chi connectivity index (χ0) is 9.73. The van der Waals surface area contributed by atoms with Gasteiger partial charge in [-0.25, -0.2) is 0 Å². The molecule has 0 saturated heterocycles. The van der Waals surface area contributed by atoms with Gasteiger partial charge in [0.2, 0.25) is 0 Å². The van der Waals surface area contributed by atoms with E-state index in [1.54, 1.807) is 0 Å². The van der Waals surface area contributed by atoms with Crippen molar-refractivity contribution in [2.75, 3.05) is 20.6 Å². The van der Waals surface area contributed by atoms with Gasteiger partial charge in [-0.2, -0.15) is 0 Å². The quantitative estimate of drug-likeness (QED) is 0.635. The van der Waals surface area contributed by atoms with Crippen LogP contribution in [0.2, 0.25) is 0 Å².